The lowest BCUT2D eigenvalue weighted by Gasteiger charge is -2.32. The minimum Gasteiger partial charge on any atom is -0.426 e. The Morgan fingerprint density at radius 1 is 0.773 bits per heavy atom. The van der Waals surface area contributed by atoms with Gasteiger partial charge in [0, 0.05) is 33.1 Å². The highest BCUT2D eigenvalue weighted by Crippen LogP contribution is 2.46. The Bertz CT molecular complexity index is 1360. The molecule has 0 bridgehead atoms. The van der Waals surface area contributed by atoms with E-state index in [4.69, 9.17) is 8.92 Å². The summed E-state index contributed by atoms with van der Waals surface area (Å²) in [6, 6.07) is 11.5. The predicted molar refractivity (Wildman–Crippen MR) is 190 cm³/mol. The van der Waals surface area contributed by atoms with Gasteiger partial charge in [0.05, 0.1) is 6.61 Å². The van der Waals surface area contributed by atoms with Crippen LogP contribution in [0.4, 0.5) is 0 Å². The molecule has 1 N–H and O–H groups in total. The molecule has 0 amide bonds. The Morgan fingerprint density at radius 2 is 1.23 bits per heavy atom. The van der Waals surface area contributed by atoms with Crippen LogP contribution in [0.15, 0.2) is 35.2 Å². The summed E-state index contributed by atoms with van der Waals surface area (Å²) in [4.78, 5) is 14.1. The second kappa shape index (κ2) is 13.5. The SMILES string of the molecule is C=S(=O)(O)OCCCC(=O)Oc1c(C(C)(C)C)cc(SC(C)(C)Cc2cc(C(C)(C)C)cc(C(C)(C)C)c2)cc1C(C)(C)C. The van der Waals surface area contributed by atoms with Gasteiger partial charge in [0.2, 0.25) is 0 Å². The molecule has 7 heteroatoms. The molecule has 0 spiro atoms. The van der Waals surface area contributed by atoms with Gasteiger partial charge in [0.25, 0.3) is 0 Å². The fraction of sp³-hybridized carbons (Fsp3) is 0.622. The third-order valence-electron chi connectivity index (χ3n) is 7.44. The molecular weight excluding hydrogens is 589 g/mol. The van der Waals surface area contributed by atoms with Crippen molar-refractivity contribution < 1.29 is 22.5 Å². The van der Waals surface area contributed by atoms with Gasteiger partial charge < -0.3 is 4.74 Å². The smallest absolute Gasteiger partial charge is 0.311 e. The molecule has 0 aromatic heterocycles. The van der Waals surface area contributed by atoms with Crippen LogP contribution in [0.25, 0.3) is 0 Å². The zero-order chi connectivity index (χ0) is 34.1. The van der Waals surface area contributed by atoms with Crippen molar-refractivity contribution in [3.63, 3.8) is 0 Å². The van der Waals surface area contributed by atoms with E-state index in [9.17, 15) is 13.6 Å². The largest absolute Gasteiger partial charge is 0.426 e. The molecule has 0 heterocycles. The number of esters is 1. The molecular formula is C37H58O5S2. The van der Waals surface area contributed by atoms with Crippen LogP contribution in [0, 0.1) is 0 Å². The Morgan fingerprint density at radius 3 is 1.61 bits per heavy atom. The maximum Gasteiger partial charge on any atom is 0.311 e. The van der Waals surface area contributed by atoms with Crippen molar-refractivity contribution in [2.75, 3.05) is 6.61 Å². The van der Waals surface area contributed by atoms with Gasteiger partial charge in [-0.1, -0.05) is 115 Å². The summed E-state index contributed by atoms with van der Waals surface area (Å²) >= 11 is 1.86. The van der Waals surface area contributed by atoms with Gasteiger partial charge in [-0.15, -0.1) is 11.8 Å². The van der Waals surface area contributed by atoms with E-state index in [-0.39, 0.29) is 45.9 Å². The van der Waals surface area contributed by atoms with E-state index in [2.05, 4.69) is 133 Å². The molecule has 0 saturated heterocycles. The Balaban J connectivity index is 2.50. The molecule has 44 heavy (non-hydrogen) atoms. The summed E-state index contributed by atoms with van der Waals surface area (Å²) in [5.74, 6) is 3.27. The summed E-state index contributed by atoms with van der Waals surface area (Å²) in [6.45, 7) is 31.0. The van der Waals surface area contributed by atoms with Crippen molar-refractivity contribution in [2.45, 2.75) is 147 Å². The lowest BCUT2D eigenvalue weighted by Crippen LogP contribution is -2.24. The minimum atomic E-state index is -3.55. The first-order valence-electron chi connectivity index (χ1n) is 15.6. The second-order valence-corrected chi connectivity index (χ2v) is 20.0. The number of benzene rings is 2. The fourth-order valence-electron chi connectivity index (χ4n) is 4.96. The van der Waals surface area contributed by atoms with Crippen LogP contribution in [0.5, 0.6) is 5.75 Å². The molecule has 2 aromatic carbocycles. The van der Waals surface area contributed by atoms with Crippen LogP contribution >= 0.6 is 11.8 Å². The number of hydrogen-bond acceptors (Lipinski definition) is 5. The van der Waals surface area contributed by atoms with Crippen molar-refractivity contribution in [3.8, 4) is 5.75 Å². The number of hydrogen-bond donors (Lipinski definition) is 1. The number of carbonyl (C=O) groups excluding carboxylic acids is 1. The molecule has 2 aromatic rings. The van der Waals surface area contributed by atoms with Crippen molar-refractivity contribution in [1.82, 2.24) is 0 Å². The van der Waals surface area contributed by atoms with Gasteiger partial charge in [-0.05, 0) is 63.3 Å². The standard InChI is InChI=1S/C37H58O5S2/c1-33(2,3)26-19-25(20-27(21-26)34(4,5)6)24-37(13,14)43-28-22-29(35(7,8)9)32(30(23-28)36(10,11)12)42-31(38)17-16-18-41-44(15,39)40/h19-23H,15-18,24H2,1-14H3,(H,39,40). The molecule has 0 radical (unpaired) electrons. The molecule has 1 atom stereocenters. The highest BCUT2D eigenvalue weighted by Gasteiger charge is 2.31. The maximum absolute atomic E-state index is 13.0. The number of rotatable bonds is 10. The summed E-state index contributed by atoms with van der Waals surface area (Å²) < 4.78 is 31.3. The van der Waals surface area contributed by atoms with Gasteiger partial charge >= 0.3 is 5.97 Å². The summed E-state index contributed by atoms with van der Waals surface area (Å²) in [6.07, 6.45) is 1.24. The zero-order valence-corrected chi connectivity index (χ0v) is 31.5. The Hall–Kier alpha value is -1.80. The number of thioether (sulfide) groups is 1. The quantitative estimate of drug-likeness (QED) is 0.0911. The highest BCUT2D eigenvalue weighted by atomic mass is 32.2. The minimum absolute atomic E-state index is 0.0489. The molecule has 0 aliphatic carbocycles. The number of carbonyl (C=O) groups is 1. The van der Waals surface area contributed by atoms with Crippen LogP contribution in [-0.4, -0.2) is 32.0 Å². The predicted octanol–water partition coefficient (Wildman–Crippen LogP) is 9.80. The van der Waals surface area contributed by atoms with Gasteiger partial charge in [-0.3, -0.25) is 13.5 Å². The molecule has 1 unspecified atom stereocenters. The fourth-order valence-corrected chi connectivity index (χ4v) is 6.57. The third kappa shape index (κ3) is 11.9. The van der Waals surface area contributed by atoms with E-state index in [1.54, 1.807) is 0 Å². The van der Waals surface area contributed by atoms with E-state index >= 15 is 0 Å². The van der Waals surface area contributed by atoms with Crippen LogP contribution in [-0.2, 0) is 47.1 Å². The van der Waals surface area contributed by atoms with Crippen LogP contribution in [0.1, 0.15) is 138 Å². The van der Waals surface area contributed by atoms with E-state index < -0.39 is 16.1 Å². The molecule has 0 aliphatic heterocycles. The van der Waals surface area contributed by atoms with Crippen molar-refractivity contribution in [1.29, 1.82) is 0 Å². The van der Waals surface area contributed by atoms with Crippen LogP contribution < -0.4 is 4.74 Å². The molecule has 0 aliphatic rings. The lowest BCUT2D eigenvalue weighted by molar-refractivity contribution is -0.134. The molecule has 0 saturated carbocycles. The first kappa shape index (κ1) is 38.4. The van der Waals surface area contributed by atoms with E-state index in [1.807, 2.05) is 11.8 Å². The van der Waals surface area contributed by atoms with Crippen molar-refractivity contribution in [2.24, 2.45) is 0 Å². The van der Waals surface area contributed by atoms with Gasteiger partial charge in [0.15, 0.2) is 10.1 Å². The first-order chi connectivity index (χ1) is 19.6. The van der Waals surface area contributed by atoms with Crippen LogP contribution in [0.2, 0.25) is 0 Å². The second-order valence-electron chi connectivity index (χ2n) is 16.8. The zero-order valence-electron chi connectivity index (χ0n) is 29.8. The monoisotopic (exact) mass is 646 g/mol. The topological polar surface area (TPSA) is 72.8 Å². The average molecular weight is 647 g/mol. The summed E-state index contributed by atoms with van der Waals surface area (Å²) in [7, 11) is -3.55. The van der Waals surface area contributed by atoms with E-state index in [0.29, 0.717) is 5.75 Å². The molecule has 248 valence electrons. The van der Waals surface area contributed by atoms with Crippen LogP contribution in [0.3, 0.4) is 0 Å². The summed E-state index contributed by atoms with van der Waals surface area (Å²) in [5.41, 5.74) is 5.59. The molecule has 5 nitrogen and oxygen atoms in total. The normalized spacial score (nSPS) is 14.8. The highest BCUT2D eigenvalue weighted by molar-refractivity contribution is 8.00. The maximum atomic E-state index is 13.0. The molecule has 2 rings (SSSR count). The summed E-state index contributed by atoms with van der Waals surface area (Å²) in [5, 5.41) is 0. The third-order valence-corrected chi connectivity index (χ3v) is 9.14. The average Bonchev–Trinajstić information content (AvgIpc) is 2.78. The van der Waals surface area contributed by atoms with E-state index in [0.717, 1.165) is 22.4 Å². The van der Waals surface area contributed by atoms with Gasteiger partial charge in [-0.25, -0.2) is 4.21 Å². The Labute approximate surface area is 273 Å². The number of ether oxygens (including phenoxy) is 1. The van der Waals surface area contributed by atoms with E-state index in [1.165, 1.54) is 16.7 Å². The van der Waals surface area contributed by atoms with Crippen molar-refractivity contribution >= 4 is 33.7 Å². The lowest BCUT2D eigenvalue weighted by atomic mass is 9.79. The van der Waals surface area contributed by atoms with Gasteiger partial charge in [0.1, 0.15) is 5.75 Å². The first-order valence-corrected chi connectivity index (χ1v) is 18.0. The molecule has 0 fully saturated rings. The van der Waals surface area contributed by atoms with Crippen molar-refractivity contribution in [3.05, 3.63) is 58.1 Å². The van der Waals surface area contributed by atoms with Gasteiger partial charge in [-0.2, -0.15) is 0 Å². The Kier molecular flexibility index (Phi) is 11.8.